The molecule has 0 bridgehead atoms. The maximum Gasteiger partial charge on any atom is 0.196 e. The highest BCUT2D eigenvalue weighted by molar-refractivity contribution is 5.11. The fourth-order valence-corrected chi connectivity index (χ4v) is 5.51. The molecule has 0 heterocycles. The molecule has 0 aliphatic heterocycles. The van der Waals surface area contributed by atoms with E-state index in [2.05, 4.69) is 13.5 Å². The Morgan fingerprint density at radius 2 is 1.43 bits per heavy atom. The molecule has 2 saturated carbocycles. The van der Waals surface area contributed by atoms with Gasteiger partial charge in [0, 0.05) is 0 Å². The molecule has 0 aromatic carbocycles. The molecule has 2 heteroatoms. The van der Waals surface area contributed by atoms with Crippen molar-refractivity contribution in [2.24, 2.45) is 23.7 Å². The summed E-state index contributed by atoms with van der Waals surface area (Å²) in [5, 5.41) is 8.48. The van der Waals surface area contributed by atoms with Crippen LogP contribution in [0, 0.1) is 35.0 Å². The molecule has 1 nitrogen and oxygen atoms in total. The van der Waals surface area contributed by atoms with Gasteiger partial charge in [-0.15, -0.1) is 0 Å². The van der Waals surface area contributed by atoms with Crippen molar-refractivity contribution in [3.8, 4) is 6.07 Å². The van der Waals surface area contributed by atoms with Crippen LogP contribution < -0.4 is 0 Å². The first kappa shape index (κ1) is 23.2. The third-order valence-corrected chi connectivity index (χ3v) is 7.46. The number of nitriles is 1. The van der Waals surface area contributed by atoms with E-state index in [4.69, 9.17) is 5.26 Å². The monoisotopic (exact) mass is 387 g/mol. The molecule has 2 rings (SSSR count). The summed E-state index contributed by atoms with van der Waals surface area (Å²) >= 11 is 0. The Bertz CT molecular complexity index is 513. The lowest BCUT2D eigenvalue weighted by molar-refractivity contribution is 0.239. The van der Waals surface area contributed by atoms with Gasteiger partial charge in [0.1, 0.15) is 6.07 Å². The van der Waals surface area contributed by atoms with Crippen molar-refractivity contribution in [3.05, 3.63) is 24.1 Å². The van der Waals surface area contributed by atoms with Gasteiger partial charge in [-0.1, -0.05) is 57.6 Å². The van der Waals surface area contributed by atoms with Crippen LogP contribution in [0.1, 0.15) is 110 Å². The van der Waals surface area contributed by atoms with Gasteiger partial charge in [-0.25, -0.2) is 0 Å². The summed E-state index contributed by atoms with van der Waals surface area (Å²) in [7, 11) is 0. The van der Waals surface area contributed by atoms with E-state index in [1.54, 1.807) is 11.6 Å². The third kappa shape index (κ3) is 8.10. The van der Waals surface area contributed by atoms with E-state index < -0.39 is 5.83 Å². The Hall–Kier alpha value is -1.10. The second kappa shape index (κ2) is 13.2. The van der Waals surface area contributed by atoms with Gasteiger partial charge in [0.25, 0.3) is 0 Å². The van der Waals surface area contributed by atoms with Crippen LogP contribution in [0.3, 0.4) is 0 Å². The fraction of sp³-hybridized carbons (Fsp3) is 0.808. The maximum atomic E-state index is 12.9. The molecular weight excluding hydrogens is 345 g/mol. The Labute approximate surface area is 173 Å². The molecule has 2 aliphatic rings. The minimum absolute atomic E-state index is 0.626. The number of hydrogen-bond donors (Lipinski definition) is 0. The van der Waals surface area contributed by atoms with Crippen LogP contribution >= 0.6 is 0 Å². The molecule has 2 fully saturated rings. The van der Waals surface area contributed by atoms with Crippen LogP contribution in [0.25, 0.3) is 0 Å². The minimum Gasteiger partial charge on any atom is -0.195 e. The van der Waals surface area contributed by atoms with Gasteiger partial charge in [0.05, 0.1) is 0 Å². The molecule has 28 heavy (non-hydrogen) atoms. The smallest absolute Gasteiger partial charge is 0.195 e. The van der Waals surface area contributed by atoms with E-state index >= 15 is 0 Å². The van der Waals surface area contributed by atoms with Crippen molar-refractivity contribution in [3.63, 3.8) is 0 Å². The number of unbranched alkanes of at least 4 members (excludes halogenated alkanes) is 4. The van der Waals surface area contributed by atoms with Crippen molar-refractivity contribution in [2.45, 2.75) is 110 Å². The summed E-state index contributed by atoms with van der Waals surface area (Å²) in [5.41, 5.74) is 1.55. The van der Waals surface area contributed by atoms with Gasteiger partial charge in [-0.3, -0.25) is 0 Å². The topological polar surface area (TPSA) is 23.8 Å². The summed E-state index contributed by atoms with van der Waals surface area (Å²) in [5.74, 6) is 2.54. The largest absolute Gasteiger partial charge is 0.196 e. The van der Waals surface area contributed by atoms with E-state index in [0.29, 0.717) is 12.3 Å². The van der Waals surface area contributed by atoms with Crippen molar-refractivity contribution in [1.29, 1.82) is 5.26 Å². The Kier molecular flexibility index (Phi) is 10.9. The number of allylic oxidation sites excluding steroid dienone is 3. The van der Waals surface area contributed by atoms with Gasteiger partial charge < -0.3 is 0 Å². The molecule has 0 aromatic rings. The molecule has 0 unspecified atom stereocenters. The molecular formula is C26H42FN. The summed E-state index contributed by atoms with van der Waals surface area (Å²) in [6.45, 7) is 6.84. The van der Waals surface area contributed by atoms with E-state index in [1.807, 2.05) is 0 Å². The molecule has 0 radical (unpaired) electrons. The standard InChI is InChI=1S/C26H42FN/c1-3-4-5-6-7-9-22-12-16-24(17-13-22)21(2)25-18-14-23(15-19-25)10-8-11-26(27)20-28/h11,22-25H,2-10,12-19H2,1H3/b26-11-/t22-,23-,24-,25-. The quantitative estimate of drug-likeness (QED) is 0.197. The SMILES string of the molecule is C=C([C@H]1CC[C@H](CC/C=C(\F)C#N)CC1)[C@H]1CC[C@H](CCCCCCC)CC1. The highest BCUT2D eigenvalue weighted by Gasteiger charge is 2.29. The predicted octanol–water partition coefficient (Wildman–Crippen LogP) is 8.67. The molecule has 2 aliphatic carbocycles. The van der Waals surface area contributed by atoms with E-state index in [-0.39, 0.29) is 0 Å². The van der Waals surface area contributed by atoms with Crippen molar-refractivity contribution in [1.82, 2.24) is 0 Å². The molecule has 158 valence electrons. The lowest BCUT2D eigenvalue weighted by Gasteiger charge is -2.36. The number of rotatable bonds is 11. The van der Waals surface area contributed by atoms with Crippen LogP contribution in [0.2, 0.25) is 0 Å². The lowest BCUT2D eigenvalue weighted by atomic mass is 9.70. The van der Waals surface area contributed by atoms with Crippen LogP contribution in [-0.2, 0) is 0 Å². The normalized spacial score (nSPS) is 28.7. The summed E-state index contributed by atoms with van der Waals surface area (Å²) in [6.07, 6.45) is 22.3. The van der Waals surface area contributed by atoms with Crippen LogP contribution in [0.15, 0.2) is 24.1 Å². The Balaban J connectivity index is 1.60. The first-order valence-electron chi connectivity index (χ1n) is 12.1. The molecule has 0 N–H and O–H groups in total. The maximum absolute atomic E-state index is 12.9. The Morgan fingerprint density at radius 3 is 1.96 bits per heavy atom. The third-order valence-electron chi connectivity index (χ3n) is 7.46. The highest BCUT2D eigenvalue weighted by atomic mass is 19.1. The molecule has 0 aromatic heterocycles. The first-order valence-corrected chi connectivity index (χ1v) is 12.1. The minimum atomic E-state index is -0.626. The van der Waals surface area contributed by atoms with E-state index in [9.17, 15) is 4.39 Å². The van der Waals surface area contributed by atoms with Gasteiger partial charge in [0.15, 0.2) is 5.83 Å². The molecule has 0 atom stereocenters. The second-order valence-corrected chi connectivity index (χ2v) is 9.45. The summed E-state index contributed by atoms with van der Waals surface area (Å²) < 4.78 is 12.9. The van der Waals surface area contributed by atoms with Crippen LogP contribution in [0.5, 0.6) is 0 Å². The summed E-state index contributed by atoms with van der Waals surface area (Å²) in [6, 6.07) is 1.57. The zero-order valence-electron chi connectivity index (χ0n) is 18.2. The average molecular weight is 388 g/mol. The lowest BCUT2D eigenvalue weighted by Crippen LogP contribution is -2.23. The molecule has 0 spiro atoms. The van der Waals surface area contributed by atoms with Crippen LogP contribution in [-0.4, -0.2) is 0 Å². The second-order valence-electron chi connectivity index (χ2n) is 9.45. The number of hydrogen-bond acceptors (Lipinski definition) is 1. The van der Waals surface area contributed by atoms with Gasteiger partial charge in [0.2, 0.25) is 0 Å². The van der Waals surface area contributed by atoms with E-state index in [0.717, 1.165) is 24.2 Å². The first-order chi connectivity index (χ1) is 13.6. The van der Waals surface area contributed by atoms with Crippen molar-refractivity contribution < 1.29 is 4.39 Å². The predicted molar refractivity (Wildman–Crippen MR) is 117 cm³/mol. The van der Waals surface area contributed by atoms with Gasteiger partial charge >= 0.3 is 0 Å². The fourth-order valence-electron chi connectivity index (χ4n) is 5.51. The number of nitrogens with zero attached hydrogens (tertiary/aromatic N) is 1. The zero-order chi connectivity index (χ0) is 20.2. The van der Waals surface area contributed by atoms with Gasteiger partial charge in [-0.05, 0) is 94.0 Å². The van der Waals surface area contributed by atoms with Crippen molar-refractivity contribution >= 4 is 0 Å². The molecule has 0 amide bonds. The molecule has 0 saturated heterocycles. The van der Waals surface area contributed by atoms with Gasteiger partial charge in [-0.2, -0.15) is 9.65 Å². The highest BCUT2D eigenvalue weighted by Crippen LogP contribution is 2.42. The number of halogens is 1. The van der Waals surface area contributed by atoms with Crippen LogP contribution in [0.4, 0.5) is 4.39 Å². The van der Waals surface area contributed by atoms with E-state index in [1.165, 1.54) is 96.0 Å². The zero-order valence-corrected chi connectivity index (χ0v) is 18.2. The Morgan fingerprint density at radius 1 is 0.893 bits per heavy atom. The average Bonchev–Trinajstić information content (AvgIpc) is 2.74. The van der Waals surface area contributed by atoms with Crippen molar-refractivity contribution in [2.75, 3.05) is 0 Å². The summed E-state index contributed by atoms with van der Waals surface area (Å²) in [4.78, 5) is 0.